The molecule has 0 radical (unpaired) electrons. The van der Waals surface area contributed by atoms with E-state index in [2.05, 4.69) is 10.3 Å². The Morgan fingerprint density at radius 2 is 2.02 bits per heavy atom. The number of aliphatic hydroxyl groups excluding tert-OH is 2. The van der Waals surface area contributed by atoms with Gasteiger partial charge in [-0.15, -0.1) is 0 Å². The molecule has 10 heteroatoms. The molecule has 2 amide bonds. The van der Waals surface area contributed by atoms with Crippen LogP contribution in [0.3, 0.4) is 0 Å². The molecule has 0 saturated heterocycles. The lowest BCUT2D eigenvalue weighted by Gasteiger charge is -2.40. The van der Waals surface area contributed by atoms with Gasteiger partial charge in [0, 0.05) is 53.8 Å². The number of carbonyl (C=O) groups is 3. The lowest BCUT2D eigenvalue weighted by Crippen LogP contribution is -2.56. The number of fused-ring (bicyclic) bond motifs is 4. The highest BCUT2D eigenvalue weighted by Crippen LogP contribution is 2.51. The number of para-hydroxylation sites is 1. The molecule has 2 aliphatic rings. The number of hydrogen-bond donors (Lipinski definition) is 4. The number of hydrogen-bond acceptors (Lipinski definition) is 7. The summed E-state index contributed by atoms with van der Waals surface area (Å²) in [6.07, 6.45) is 0.941. The normalized spacial score (nSPS) is 21.1. The van der Waals surface area contributed by atoms with Crippen molar-refractivity contribution in [1.29, 1.82) is 0 Å². The maximum atomic E-state index is 13.4. The number of nitrogens with one attached hydrogen (secondary N) is 2. The quantitative estimate of drug-likeness (QED) is 0.285. The molecule has 1 aliphatic carbocycles. The number of aliphatic hydroxyl groups is 2. The number of rotatable bonds is 10. The highest BCUT2D eigenvalue weighted by molar-refractivity contribution is 5.96. The molecular weight excluding hydrogens is 514 g/mol. The van der Waals surface area contributed by atoms with Crippen molar-refractivity contribution in [2.75, 3.05) is 26.8 Å². The van der Waals surface area contributed by atoms with Crippen molar-refractivity contribution in [3.05, 3.63) is 70.9 Å². The second kappa shape index (κ2) is 11.5. The third kappa shape index (κ3) is 4.96. The predicted octanol–water partition coefficient (Wildman–Crippen LogP) is 2.09. The third-order valence-electron chi connectivity index (χ3n) is 7.60. The molecule has 2 aromatic carbocycles. The van der Waals surface area contributed by atoms with E-state index in [9.17, 15) is 24.6 Å². The minimum absolute atomic E-state index is 0.0319. The zero-order valence-electron chi connectivity index (χ0n) is 22.4. The summed E-state index contributed by atoms with van der Waals surface area (Å²) in [5.74, 6) is -0.682. The van der Waals surface area contributed by atoms with Crippen molar-refractivity contribution in [3.63, 3.8) is 0 Å². The van der Waals surface area contributed by atoms with E-state index in [4.69, 9.17) is 9.47 Å². The first kappa shape index (κ1) is 27.4. The number of methoxy groups -OCH3 is 1. The maximum absolute atomic E-state index is 13.4. The van der Waals surface area contributed by atoms with Crippen molar-refractivity contribution in [2.45, 2.75) is 43.9 Å². The van der Waals surface area contributed by atoms with Gasteiger partial charge in [0.05, 0.1) is 25.7 Å². The third-order valence-corrected chi connectivity index (χ3v) is 7.60. The van der Waals surface area contributed by atoms with E-state index in [1.807, 2.05) is 30.3 Å². The lowest BCUT2D eigenvalue weighted by atomic mass is 9.77. The number of ether oxygens (including phenoxy) is 2. The first-order valence-electron chi connectivity index (χ1n) is 13.4. The molecule has 2 heterocycles. The number of H-pyrrole nitrogens is 1. The van der Waals surface area contributed by atoms with Gasteiger partial charge < -0.3 is 34.9 Å². The fraction of sp³-hybridized carbons (Fsp3) is 0.367. The van der Waals surface area contributed by atoms with Gasteiger partial charge in [0.25, 0.3) is 0 Å². The monoisotopic (exact) mass is 547 g/mol. The molecule has 4 atom stereocenters. The fourth-order valence-electron chi connectivity index (χ4n) is 5.71. The Labute approximate surface area is 231 Å². The number of benzene rings is 2. The van der Waals surface area contributed by atoms with Crippen molar-refractivity contribution in [3.8, 4) is 11.5 Å². The maximum Gasteiger partial charge on any atom is 0.247 e. The Hall–Kier alpha value is -4.15. The molecule has 3 aromatic rings. The molecule has 210 valence electrons. The Bertz CT molecular complexity index is 1430. The van der Waals surface area contributed by atoms with Crippen molar-refractivity contribution >= 4 is 29.0 Å². The molecule has 5 rings (SSSR count). The fourth-order valence-corrected chi connectivity index (χ4v) is 5.71. The number of amides is 2. The number of aromatic nitrogens is 1. The van der Waals surface area contributed by atoms with E-state index in [0.29, 0.717) is 41.9 Å². The van der Waals surface area contributed by atoms with Gasteiger partial charge in [0.1, 0.15) is 18.5 Å². The van der Waals surface area contributed by atoms with Gasteiger partial charge in [-0.05, 0) is 35.7 Å². The summed E-state index contributed by atoms with van der Waals surface area (Å²) < 4.78 is 11.7. The van der Waals surface area contributed by atoms with E-state index >= 15 is 0 Å². The molecule has 1 aromatic heterocycles. The summed E-state index contributed by atoms with van der Waals surface area (Å²) >= 11 is 0. The lowest BCUT2D eigenvalue weighted by molar-refractivity contribution is -0.136. The number of aromatic amines is 1. The summed E-state index contributed by atoms with van der Waals surface area (Å²) in [6.45, 7) is 1.83. The Morgan fingerprint density at radius 3 is 2.73 bits per heavy atom. The SMILES string of the molecule is CCC(=O)N(CCc1cc2ccccc2[nH]1)C1C=C(C(=O)NCCO)C2c3cc(C=O)cc(OC)c3OC2C1O. The van der Waals surface area contributed by atoms with Gasteiger partial charge in [-0.1, -0.05) is 25.1 Å². The zero-order chi connectivity index (χ0) is 28.4. The van der Waals surface area contributed by atoms with Gasteiger partial charge in [-0.2, -0.15) is 0 Å². The van der Waals surface area contributed by atoms with Crippen LogP contribution in [0.2, 0.25) is 0 Å². The zero-order valence-corrected chi connectivity index (χ0v) is 22.4. The van der Waals surface area contributed by atoms with Gasteiger partial charge in [0.15, 0.2) is 11.5 Å². The van der Waals surface area contributed by atoms with Gasteiger partial charge >= 0.3 is 0 Å². The van der Waals surface area contributed by atoms with Crippen molar-refractivity contribution < 1.29 is 34.1 Å². The molecule has 0 spiro atoms. The molecule has 4 unspecified atom stereocenters. The second-order valence-electron chi connectivity index (χ2n) is 9.97. The molecule has 40 heavy (non-hydrogen) atoms. The van der Waals surface area contributed by atoms with E-state index < -0.39 is 30.1 Å². The largest absolute Gasteiger partial charge is 0.493 e. The minimum Gasteiger partial charge on any atom is -0.493 e. The van der Waals surface area contributed by atoms with Crippen molar-refractivity contribution in [1.82, 2.24) is 15.2 Å². The van der Waals surface area contributed by atoms with Crippen LogP contribution in [0.4, 0.5) is 0 Å². The van der Waals surface area contributed by atoms with Crippen LogP contribution in [-0.4, -0.2) is 83.3 Å². The highest BCUT2D eigenvalue weighted by Gasteiger charge is 2.51. The van der Waals surface area contributed by atoms with Crippen LogP contribution in [-0.2, 0) is 16.0 Å². The number of nitrogens with zero attached hydrogens (tertiary/aromatic N) is 1. The summed E-state index contributed by atoms with van der Waals surface area (Å²) in [5.41, 5.74) is 3.11. The molecule has 10 nitrogen and oxygen atoms in total. The Balaban J connectivity index is 1.52. The molecule has 4 N–H and O–H groups in total. The first-order valence-corrected chi connectivity index (χ1v) is 13.4. The number of carbonyl (C=O) groups excluding carboxylic acids is 3. The Kier molecular flexibility index (Phi) is 7.90. The predicted molar refractivity (Wildman–Crippen MR) is 148 cm³/mol. The van der Waals surface area contributed by atoms with E-state index in [0.717, 1.165) is 16.6 Å². The summed E-state index contributed by atoms with van der Waals surface area (Å²) in [7, 11) is 1.45. The summed E-state index contributed by atoms with van der Waals surface area (Å²) in [6, 6.07) is 12.3. The van der Waals surface area contributed by atoms with Crippen LogP contribution in [0.5, 0.6) is 11.5 Å². The first-order chi connectivity index (χ1) is 19.4. The average Bonchev–Trinajstić information content (AvgIpc) is 3.58. The van der Waals surface area contributed by atoms with Crippen LogP contribution >= 0.6 is 0 Å². The summed E-state index contributed by atoms with van der Waals surface area (Å²) in [5, 5.41) is 24.7. The molecule has 0 bridgehead atoms. The molecule has 1 aliphatic heterocycles. The van der Waals surface area contributed by atoms with Crippen LogP contribution in [0.25, 0.3) is 10.9 Å². The smallest absolute Gasteiger partial charge is 0.247 e. The van der Waals surface area contributed by atoms with Crippen LogP contribution < -0.4 is 14.8 Å². The van der Waals surface area contributed by atoms with Crippen LogP contribution in [0, 0.1) is 0 Å². The second-order valence-corrected chi connectivity index (χ2v) is 9.97. The highest BCUT2D eigenvalue weighted by atomic mass is 16.5. The van der Waals surface area contributed by atoms with Crippen LogP contribution in [0.15, 0.2) is 54.1 Å². The van der Waals surface area contributed by atoms with E-state index in [-0.39, 0.29) is 31.1 Å². The topological polar surface area (TPSA) is 141 Å². The molecular formula is C30H33N3O7. The standard InChI is InChI=1S/C30H33N3O7/c1-3-25(36)33(10-8-19-14-18-6-4-5-7-22(18)32-19)23-15-21(30(38)31-9-11-34)26-20-12-17(16-35)13-24(39-2)28(20)40-29(26)27(23)37/h4-7,12-16,23,26-27,29,32,34,37H,3,8-11H2,1-2H3,(H,31,38). The van der Waals surface area contributed by atoms with Gasteiger partial charge in [-0.3, -0.25) is 14.4 Å². The van der Waals surface area contributed by atoms with E-state index in [1.165, 1.54) is 13.2 Å². The van der Waals surface area contributed by atoms with Crippen molar-refractivity contribution in [2.24, 2.45) is 0 Å². The van der Waals surface area contributed by atoms with Gasteiger partial charge in [0.2, 0.25) is 11.8 Å². The average molecular weight is 548 g/mol. The molecule has 0 saturated carbocycles. The molecule has 0 fully saturated rings. The van der Waals surface area contributed by atoms with E-state index in [1.54, 1.807) is 24.0 Å². The minimum atomic E-state index is -1.17. The van der Waals surface area contributed by atoms with Crippen LogP contribution in [0.1, 0.15) is 40.9 Å². The Morgan fingerprint density at radius 1 is 1.23 bits per heavy atom. The number of aldehydes is 1. The summed E-state index contributed by atoms with van der Waals surface area (Å²) in [4.78, 5) is 43.2. The van der Waals surface area contributed by atoms with Gasteiger partial charge in [-0.25, -0.2) is 0 Å².